The molecule has 1 aliphatic heterocycles. The molecule has 2 aromatic carbocycles. The molecule has 3 N–H and O–H groups in total. The molecule has 0 spiro atoms. The fourth-order valence-electron chi connectivity index (χ4n) is 5.87. The average Bonchev–Trinajstić information content (AvgIpc) is 3.75. The Morgan fingerprint density at radius 2 is 1.83 bits per heavy atom. The van der Waals surface area contributed by atoms with E-state index in [-0.39, 0.29) is 12.2 Å². The summed E-state index contributed by atoms with van der Waals surface area (Å²) in [5.41, 5.74) is 5.14. The van der Waals surface area contributed by atoms with Crippen LogP contribution in [0.1, 0.15) is 63.5 Å². The molecule has 1 aromatic heterocycles. The van der Waals surface area contributed by atoms with Crippen molar-refractivity contribution in [3.05, 3.63) is 60.3 Å². The van der Waals surface area contributed by atoms with Gasteiger partial charge in [0.25, 0.3) is 0 Å². The highest BCUT2D eigenvalue weighted by Crippen LogP contribution is 2.44. The van der Waals surface area contributed by atoms with Crippen molar-refractivity contribution in [1.82, 2.24) is 9.88 Å². The largest absolute Gasteiger partial charge is 0.490 e. The molecule has 0 radical (unpaired) electrons. The summed E-state index contributed by atoms with van der Waals surface area (Å²) in [6.45, 7) is 3.42. The Labute approximate surface area is 241 Å². The van der Waals surface area contributed by atoms with Crippen molar-refractivity contribution >= 4 is 28.4 Å². The highest BCUT2D eigenvalue weighted by Gasteiger charge is 2.31. The maximum Gasteiger partial charge on any atom is 0.411 e. The maximum absolute atomic E-state index is 12.4. The summed E-state index contributed by atoms with van der Waals surface area (Å²) in [5.74, 6) is 1.35. The second-order valence-electron chi connectivity index (χ2n) is 11.5. The van der Waals surface area contributed by atoms with Crippen LogP contribution in [0, 0.1) is 11.3 Å². The number of nitrogens with zero attached hydrogens (tertiary/aromatic N) is 1. The van der Waals surface area contributed by atoms with E-state index in [2.05, 4.69) is 27.3 Å². The van der Waals surface area contributed by atoms with Crippen LogP contribution in [-0.2, 0) is 9.47 Å². The highest BCUT2D eigenvalue weighted by molar-refractivity contribution is 6.19. The Balaban J connectivity index is 1.37. The molecule has 8 heteroatoms. The molecule has 8 nitrogen and oxygen atoms in total. The molecule has 2 heterocycles. The molecule has 3 aromatic rings. The standard InChI is InChI=1S/C33H40N4O4/c1-21(22-6-7-22)40-33(38)36-24-10-8-23(9-11-24)32-31(29(34)14-17-35-2)28-13-12-27(41-26-15-18-39-19-16-26)20-30(28)37(32)25-4-3-5-25/h8-14,17,20-22,25-26,34-35H,3-7,15-16,18-19H2,1-2H3,(H,36,38)/b17-14-,34-29?. The van der Waals surface area contributed by atoms with Crippen LogP contribution in [0.5, 0.6) is 5.75 Å². The lowest BCUT2D eigenvalue weighted by Gasteiger charge is -2.30. The van der Waals surface area contributed by atoms with Crippen molar-refractivity contribution in [2.45, 2.75) is 70.1 Å². The third-order valence-corrected chi connectivity index (χ3v) is 8.56. The van der Waals surface area contributed by atoms with Gasteiger partial charge in [0.2, 0.25) is 0 Å². The van der Waals surface area contributed by atoms with Gasteiger partial charge in [0.15, 0.2) is 0 Å². The Morgan fingerprint density at radius 3 is 2.49 bits per heavy atom. The molecule has 3 fully saturated rings. The second kappa shape index (κ2) is 12.0. The molecule has 216 valence electrons. The number of ether oxygens (including phenoxy) is 3. The molecule has 0 bridgehead atoms. The molecule has 2 saturated carbocycles. The van der Waals surface area contributed by atoms with Gasteiger partial charge in [-0.3, -0.25) is 5.32 Å². The zero-order valence-electron chi connectivity index (χ0n) is 23.9. The number of hydrogen-bond acceptors (Lipinski definition) is 6. The van der Waals surface area contributed by atoms with Crippen LogP contribution in [0.25, 0.3) is 22.2 Å². The van der Waals surface area contributed by atoms with Gasteiger partial charge < -0.3 is 29.5 Å². The third kappa shape index (κ3) is 5.98. The van der Waals surface area contributed by atoms with Crippen molar-refractivity contribution in [2.24, 2.45) is 5.92 Å². The second-order valence-corrected chi connectivity index (χ2v) is 11.5. The summed E-state index contributed by atoms with van der Waals surface area (Å²) in [6, 6.07) is 14.5. The smallest absolute Gasteiger partial charge is 0.411 e. The molecule has 2 aliphatic carbocycles. The van der Waals surface area contributed by atoms with E-state index >= 15 is 0 Å². The van der Waals surface area contributed by atoms with Crippen LogP contribution in [0.3, 0.4) is 0 Å². The summed E-state index contributed by atoms with van der Waals surface area (Å²) in [7, 11) is 1.84. The minimum atomic E-state index is -0.419. The first-order chi connectivity index (χ1) is 20.0. The van der Waals surface area contributed by atoms with E-state index < -0.39 is 6.09 Å². The van der Waals surface area contributed by atoms with Crippen molar-refractivity contribution in [3.63, 3.8) is 0 Å². The molecular weight excluding hydrogens is 516 g/mol. The predicted octanol–water partition coefficient (Wildman–Crippen LogP) is 7.04. The number of nitrogens with one attached hydrogen (secondary N) is 3. The highest BCUT2D eigenvalue weighted by atomic mass is 16.6. The number of rotatable bonds is 10. The Kier molecular flexibility index (Phi) is 8.01. The number of hydrogen-bond donors (Lipinski definition) is 3. The maximum atomic E-state index is 12.4. The number of benzene rings is 2. The summed E-state index contributed by atoms with van der Waals surface area (Å²) >= 11 is 0. The van der Waals surface area contributed by atoms with Crippen LogP contribution in [-0.4, -0.2) is 48.8 Å². The molecule has 1 amide bonds. The Bertz CT molecular complexity index is 1430. The average molecular weight is 557 g/mol. The van der Waals surface area contributed by atoms with Gasteiger partial charge in [0.05, 0.1) is 30.1 Å². The molecule has 3 aliphatic rings. The van der Waals surface area contributed by atoms with Crippen LogP contribution in [0.4, 0.5) is 10.5 Å². The van der Waals surface area contributed by atoms with Crippen molar-refractivity contribution in [2.75, 3.05) is 25.6 Å². The van der Waals surface area contributed by atoms with Gasteiger partial charge in [-0.2, -0.15) is 0 Å². The zero-order chi connectivity index (χ0) is 28.3. The molecular formula is C33H40N4O4. The van der Waals surface area contributed by atoms with E-state index in [0.29, 0.717) is 23.4 Å². The SMILES string of the molecule is CN/C=C\C(=N)c1c(-c2ccc(NC(=O)OC(C)C3CC3)cc2)n(C2CCC2)c2cc(OC3CCOCC3)ccc12. The van der Waals surface area contributed by atoms with Gasteiger partial charge in [-0.15, -0.1) is 0 Å². The minimum Gasteiger partial charge on any atom is -0.490 e. The van der Waals surface area contributed by atoms with E-state index in [4.69, 9.17) is 19.6 Å². The fourth-order valence-corrected chi connectivity index (χ4v) is 5.87. The monoisotopic (exact) mass is 556 g/mol. The minimum absolute atomic E-state index is 0.0630. The Hall–Kier alpha value is -3.78. The molecule has 1 saturated heterocycles. The van der Waals surface area contributed by atoms with Crippen molar-refractivity contribution in [3.8, 4) is 17.0 Å². The van der Waals surface area contributed by atoms with E-state index in [0.717, 1.165) is 85.2 Å². The summed E-state index contributed by atoms with van der Waals surface area (Å²) in [6.07, 6.45) is 10.7. The van der Waals surface area contributed by atoms with Gasteiger partial charge in [-0.1, -0.05) is 12.1 Å². The first-order valence-electron chi connectivity index (χ1n) is 14.9. The fraction of sp³-hybridized carbons (Fsp3) is 0.455. The summed E-state index contributed by atoms with van der Waals surface area (Å²) < 4.78 is 19.9. The number of anilines is 1. The summed E-state index contributed by atoms with van der Waals surface area (Å²) in [4.78, 5) is 12.4. The molecule has 41 heavy (non-hydrogen) atoms. The number of carbonyl (C=O) groups is 1. The van der Waals surface area contributed by atoms with Crippen LogP contribution < -0.4 is 15.4 Å². The lowest BCUT2D eigenvalue weighted by atomic mass is 9.92. The number of aromatic nitrogens is 1. The van der Waals surface area contributed by atoms with Gasteiger partial charge in [0, 0.05) is 48.6 Å². The lowest BCUT2D eigenvalue weighted by Crippen LogP contribution is -2.25. The van der Waals surface area contributed by atoms with Crippen LogP contribution in [0.15, 0.2) is 54.7 Å². The quantitative estimate of drug-likeness (QED) is 0.233. The van der Waals surface area contributed by atoms with Gasteiger partial charge in [-0.05, 0) is 87.1 Å². The third-order valence-electron chi connectivity index (χ3n) is 8.56. The van der Waals surface area contributed by atoms with E-state index in [1.165, 1.54) is 6.42 Å². The number of fused-ring (bicyclic) bond motifs is 1. The van der Waals surface area contributed by atoms with Crippen LogP contribution >= 0.6 is 0 Å². The van der Waals surface area contributed by atoms with Crippen molar-refractivity contribution < 1.29 is 19.0 Å². The molecule has 1 unspecified atom stereocenters. The number of carbonyl (C=O) groups excluding carboxylic acids is 1. The lowest BCUT2D eigenvalue weighted by molar-refractivity contribution is 0.0256. The van der Waals surface area contributed by atoms with E-state index in [1.54, 1.807) is 6.20 Å². The zero-order valence-corrected chi connectivity index (χ0v) is 23.9. The van der Waals surface area contributed by atoms with Gasteiger partial charge in [0.1, 0.15) is 18.0 Å². The van der Waals surface area contributed by atoms with E-state index in [9.17, 15) is 4.79 Å². The first-order valence-corrected chi connectivity index (χ1v) is 14.9. The van der Waals surface area contributed by atoms with E-state index in [1.807, 2.05) is 50.4 Å². The van der Waals surface area contributed by atoms with Crippen molar-refractivity contribution in [1.29, 1.82) is 5.41 Å². The Morgan fingerprint density at radius 1 is 1.07 bits per heavy atom. The number of allylic oxidation sites excluding steroid dienone is 1. The van der Waals surface area contributed by atoms with Gasteiger partial charge in [-0.25, -0.2) is 4.79 Å². The normalized spacial score (nSPS) is 18.7. The first kappa shape index (κ1) is 27.4. The van der Waals surface area contributed by atoms with Crippen LogP contribution in [0.2, 0.25) is 0 Å². The predicted molar refractivity (Wildman–Crippen MR) is 162 cm³/mol. The van der Waals surface area contributed by atoms with Gasteiger partial charge >= 0.3 is 6.09 Å². The molecule has 6 rings (SSSR count). The summed E-state index contributed by atoms with van der Waals surface area (Å²) in [5, 5.41) is 16.0. The topological polar surface area (TPSA) is 97.6 Å². The number of amides is 1. The molecule has 1 atom stereocenters.